The van der Waals surface area contributed by atoms with Gasteiger partial charge in [0.25, 0.3) is 0 Å². The van der Waals surface area contributed by atoms with Crippen LogP contribution in [0.3, 0.4) is 0 Å². The molecule has 0 N–H and O–H groups in total. The van der Waals surface area contributed by atoms with Crippen molar-refractivity contribution in [2.45, 2.75) is 6.18 Å². The predicted molar refractivity (Wildman–Crippen MR) is 43.4 cm³/mol. The zero-order valence-electron chi connectivity index (χ0n) is 7.19. The number of aromatic nitrogens is 3. The third kappa shape index (κ3) is 1.45. The van der Waals surface area contributed by atoms with E-state index < -0.39 is 12.0 Å². The fourth-order valence-electron chi connectivity index (χ4n) is 1.22. The Hall–Kier alpha value is -1.92. The minimum absolute atomic E-state index is 0.0699. The predicted octanol–water partition coefficient (Wildman–Crippen LogP) is 1.56. The molecule has 4 nitrogen and oxygen atoms in total. The number of alkyl halides is 3. The first kappa shape index (κ1) is 9.63. The Bertz CT molecular complexity index is 517. The molecule has 0 aromatic carbocycles. The second-order valence-electron chi connectivity index (χ2n) is 2.80. The maximum Gasteiger partial charge on any atom is 0.452 e. The summed E-state index contributed by atoms with van der Waals surface area (Å²) < 4.78 is 37.9. The van der Waals surface area contributed by atoms with E-state index in [1.165, 1.54) is 12.1 Å². The summed E-state index contributed by atoms with van der Waals surface area (Å²) in [6, 6.07) is 2.70. The number of hydrogen-bond acceptors (Lipinski definition) is 3. The van der Waals surface area contributed by atoms with E-state index in [9.17, 15) is 18.0 Å². The minimum atomic E-state index is -4.58. The molecule has 2 heterocycles. The van der Waals surface area contributed by atoms with Crippen LogP contribution in [-0.2, 0) is 6.18 Å². The average molecular weight is 215 g/mol. The van der Waals surface area contributed by atoms with Crippen molar-refractivity contribution in [3.8, 4) is 0 Å². The van der Waals surface area contributed by atoms with Crippen molar-refractivity contribution in [3.05, 3.63) is 29.7 Å². The van der Waals surface area contributed by atoms with Crippen molar-refractivity contribution in [3.63, 3.8) is 0 Å². The van der Waals surface area contributed by atoms with E-state index in [1.54, 1.807) is 0 Å². The largest absolute Gasteiger partial charge is 0.452 e. The third-order valence-corrected chi connectivity index (χ3v) is 1.85. The SMILES string of the molecule is O=Cc1cccn2c(C(F)(F)F)nnc12. The highest BCUT2D eigenvalue weighted by atomic mass is 19.4. The molecular formula is C8H4F3N3O. The van der Waals surface area contributed by atoms with Crippen molar-refractivity contribution in [1.82, 2.24) is 14.6 Å². The number of carbonyl (C=O) groups is 1. The Kier molecular flexibility index (Phi) is 1.95. The van der Waals surface area contributed by atoms with E-state index in [1.807, 2.05) is 0 Å². The van der Waals surface area contributed by atoms with Crippen molar-refractivity contribution in [2.24, 2.45) is 0 Å². The highest BCUT2D eigenvalue weighted by Gasteiger charge is 2.37. The van der Waals surface area contributed by atoms with Gasteiger partial charge >= 0.3 is 6.18 Å². The summed E-state index contributed by atoms with van der Waals surface area (Å²) in [6.45, 7) is 0. The van der Waals surface area contributed by atoms with E-state index >= 15 is 0 Å². The molecule has 0 radical (unpaired) electrons. The molecular weight excluding hydrogens is 211 g/mol. The summed E-state index contributed by atoms with van der Waals surface area (Å²) in [7, 11) is 0. The summed E-state index contributed by atoms with van der Waals surface area (Å²) in [4.78, 5) is 10.5. The lowest BCUT2D eigenvalue weighted by Gasteiger charge is -2.03. The van der Waals surface area contributed by atoms with Crippen molar-refractivity contribution >= 4 is 11.9 Å². The van der Waals surface area contributed by atoms with Crippen LogP contribution in [0.5, 0.6) is 0 Å². The lowest BCUT2D eigenvalue weighted by molar-refractivity contribution is -0.145. The molecule has 0 bridgehead atoms. The molecule has 0 amide bonds. The van der Waals surface area contributed by atoms with Crippen LogP contribution in [0.1, 0.15) is 16.2 Å². The van der Waals surface area contributed by atoms with Crippen LogP contribution in [0.2, 0.25) is 0 Å². The fraction of sp³-hybridized carbons (Fsp3) is 0.125. The van der Waals surface area contributed by atoms with Gasteiger partial charge in [0.2, 0.25) is 5.82 Å². The van der Waals surface area contributed by atoms with Gasteiger partial charge in [0.15, 0.2) is 11.9 Å². The molecule has 2 aromatic heterocycles. The zero-order valence-corrected chi connectivity index (χ0v) is 7.19. The first-order valence-electron chi connectivity index (χ1n) is 3.90. The lowest BCUT2D eigenvalue weighted by atomic mass is 10.3. The standard InChI is InChI=1S/C8H4F3N3O/c9-8(10,11)7-13-12-6-5(4-15)2-1-3-14(6)7/h1-4H. The zero-order chi connectivity index (χ0) is 11.1. The summed E-state index contributed by atoms with van der Waals surface area (Å²) in [6.07, 6.45) is -2.99. The highest BCUT2D eigenvalue weighted by molar-refractivity contribution is 5.83. The van der Waals surface area contributed by atoms with E-state index in [-0.39, 0.29) is 11.2 Å². The van der Waals surface area contributed by atoms with Crippen LogP contribution in [0.25, 0.3) is 5.65 Å². The number of fused-ring (bicyclic) bond motifs is 1. The van der Waals surface area contributed by atoms with Gasteiger partial charge in [0, 0.05) is 6.20 Å². The van der Waals surface area contributed by atoms with Gasteiger partial charge in [-0.2, -0.15) is 13.2 Å². The molecule has 0 saturated carbocycles. The normalized spacial score (nSPS) is 11.9. The maximum absolute atomic E-state index is 12.4. The van der Waals surface area contributed by atoms with Crippen molar-refractivity contribution < 1.29 is 18.0 Å². The topological polar surface area (TPSA) is 47.3 Å². The molecule has 2 rings (SSSR count). The van der Waals surface area contributed by atoms with E-state index in [2.05, 4.69) is 10.2 Å². The molecule has 0 atom stereocenters. The molecule has 0 fully saturated rings. The van der Waals surface area contributed by atoms with Crippen LogP contribution in [-0.4, -0.2) is 20.9 Å². The molecule has 0 saturated heterocycles. The third-order valence-electron chi connectivity index (χ3n) is 1.85. The molecule has 2 aromatic rings. The van der Waals surface area contributed by atoms with Crippen LogP contribution in [0.15, 0.2) is 18.3 Å². The second-order valence-corrected chi connectivity index (χ2v) is 2.80. The lowest BCUT2D eigenvalue weighted by Crippen LogP contribution is -2.10. The Morgan fingerprint density at radius 1 is 1.33 bits per heavy atom. The first-order valence-corrected chi connectivity index (χ1v) is 3.90. The van der Waals surface area contributed by atoms with Crippen LogP contribution >= 0.6 is 0 Å². The number of halogens is 3. The van der Waals surface area contributed by atoms with Gasteiger partial charge in [-0.05, 0) is 12.1 Å². The Labute approximate surface area is 81.3 Å². The van der Waals surface area contributed by atoms with Gasteiger partial charge in [-0.15, -0.1) is 10.2 Å². The molecule has 0 aliphatic rings. The first-order chi connectivity index (χ1) is 7.04. The smallest absolute Gasteiger partial charge is 0.298 e. The minimum Gasteiger partial charge on any atom is -0.298 e. The van der Waals surface area contributed by atoms with Crippen molar-refractivity contribution in [1.29, 1.82) is 0 Å². The monoisotopic (exact) mass is 215 g/mol. The van der Waals surface area contributed by atoms with Crippen LogP contribution in [0.4, 0.5) is 13.2 Å². The summed E-state index contributed by atoms with van der Waals surface area (Å²) in [5, 5.41) is 6.32. The fourth-order valence-corrected chi connectivity index (χ4v) is 1.22. The molecule has 15 heavy (non-hydrogen) atoms. The quantitative estimate of drug-likeness (QED) is 0.678. The number of nitrogens with zero attached hydrogens (tertiary/aromatic N) is 3. The van der Waals surface area contributed by atoms with Gasteiger partial charge in [-0.1, -0.05) is 0 Å². The number of aldehydes is 1. The Morgan fingerprint density at radius 2 is 2.07 bits per heavy atom. The molecule has 0 unspecified atom stereocenters. The van der Waals surface area contributed by atoms with E-state index in [0.29, 0.717) is 6.29 Å². The van der Waals surface area contributed by atoms with Gasteiger partial charge in [-0.3, -0.25) is 9.20 Å². The van der Waals surface area contributed by atoms with E-state index in [0.717, 1.165) is 10.6 Å². The molecule has 0 aliphatic carbocycles. The van der Waals surface area contributed by atoms with Crippen molar-refractivity contribution in [2.75, 3.05) is 0 Å². The summed E-state index contributed by atoms with van der Waals surface area (Å²) in [5.41, 5.74) is -0.0275. The summed E-state index contributed by atoms with van der Waals surface area (Å²) >= 11 is 0. The highest BCUT2D eigenvalue weighted by Crippen LogP contribution is 2.28. The Balaban J connectivity index is 2.77. The molecule has 7 heteroatoms. The van der Waals surface area contributed by atoms with Crippen LogP contribution in [0, 0.1) is 0 Å². The molecule has 0 spiro atoms. The number of carbonyl (C=O) groups excluding carboxylic acids is 1. The van der Waals surface area contributed by atoms with Gasteiger partial charge < -0.3 is 0 Å². The van der Waals surface area contributed by atoms with Gasteiger partial charge in [-0.25, -0.2) is 0 Å². The number of hydrogen-bond donors (Lipinski definition) is 0. The average Bonchev–Trinajstić information content (AvgIpc) is 2.59. The van der Waals surface area contributed by atoms with E-state index in [4.69, 9.17) is 0 Å². The number of rotatable bonds is 1. The Morgan fingerprint density at radius 3 is 2.67 bits per heavy atom. The second kappa shape index (κ2) is 3.04. The van der Waals surface area contributed by atoms with Crippen LogP contribution < -0.4 is 0 Å². The molecule has 78 valence electrons. The maximum atomic E-state index is 12.4. The van der Waals surface area contributed by atoms with Gasteiger partial charge in [0.05, 0.1) is 5.56 Å². The summed E-state index contributed by atoms with van der Waals surface area (Å²) in [5.74, 6) is -1.14. The number of pyridine rings is 1. The van der Waals surface area contributed by atoms with Gasteiger partial charge in [0.1, 0.15) is 0 Å². The molecule has 0 aliphatic heterocycles.